The Labute approximate surface area is 183 Å². The van der Waals surface area contributed by atoms with Gasteiger partial charge < -0.3 is 9.73 Å². The molecule has 0 aliphatic carbocycles. The summed E-state index contributed by atoms with van der Waals surface area (Å²) in [7, 11) is 0. The smallest absolute Gasteiger partial charge is 0.237 e. The minimum absolute atomic E-state index is 0.133. The molecule has 1 atom stereocenters. The number of furan rings is 1. The maximum Gasteiger partial charge on any atom is 0.237 e. The number of thioether (sulfide) groups is 1. The number of nitrogens with one attached hydrogen (secondary N) is 1. The van der Waals surface area contributed by atoms with Crippen molar-refractivity contribution in [2.75, 3.05) is 5.32 Å². The molecule has 1 amide bonds. The molecule has 0 saturated carbocycles. The SMILES string of the molecule is Cc1occc1-c1nnc(SC(C)C(=O)Nc2ccc(Cl)cc2)n1-c1ccccc1. The molecule has 4 aromatic rings. The molecule has 1 unspecified atom stereocenters. The fourth-order valence-corrected chi connectivity index (χ4v) is 3.93. The van der Waals surface area contributed by atoms with Crippen LogP contribution in [0.5, 0.6) is 0 Å². The van der Waals surface area contributed by atoms with Crippen LogP contribution >= 0.6 is 23.4 Å². The summed E-state index contributed by atoms with van der Waals surface area (Å²) < 4.78 is 7.39. The molecule has 0 saturated heterocycles. The second-order valence-electron chi connectivity index (χ2n) is 6.62. The standard InChI is InChI=1S/C22H19ClN4O2S/c1-14-19(12-13-29-14)20-25-26-22(27(20)18-6-4-3-5-7-18)30-15(2)21(28)24-17-10-8-16(23)9-11-17/h3-13,15H,1-2H3,(H,24,28). The third-order valence-electron chi connectivity index (χ3n) is 4.51. The summed E-state index contributed by atoms with van der Waals surface area (Å²) in [6.45, 7) is 3.72. The van der Waals surface area contributed by atoms with Crippen LogP contribution in [0.1, 0.15) is 12.7 Å². The quantitative estimate of drug-likeness (QED) is 0.396. The Bertz CT molecular complexity index is 1160. The Hall–Kier alpha value is -3.03. The molecular formula is C22H19ClN4O2S. The minimum Gasteiger partial charge on any atom is -0.469 e. The molecule has 0 radical (unpaired) electrons. The number of aromatic nitrogens is 3. The molecule has 6 nitrogen and oxygen atoms in total. The van der Waals surface area contributed by atoms with E-state index in [0.717, 1.165) is 17.0 Å². The van der Waals surface area contributed by atoms with Crippen LogP contribution in [0.2, 0.25) is 5.02 Å². The van der Waals surface area contributed by atoms with Crippen molar-refractivity contribution >= 4 is 35.0 Å². The Morgan fingerprint density at radius 3 is 2.50 bits per heavy atom. The zero-order valence-electron chi connectivity index (χ0n) is 16.4. The van der Waals surface area contributed by atoms with Crippen molar-refractivity contribution in [1.29, 1.82) is 0 Å². The summed E-state index contributed by atoms with van der Waals surface area (Å²) in [4.78, 5) is 12.7. The number of benzene rings is 2. The van der Waals surface area contributed by atoms with Gasteiger partial charge in [-0.25, -0.2) is 0 Å². The molecule has 1 N–H and O–H groups in total. The summed E-state index contributed by atoms with van der Waals surface area (Å²) in [5, 5.41) is 12.5. The first-order valence-corrected chi connectivity index (χ1v) is 10.6. The zero-order chi connectivity index (χ0) is 21.1. The van der Waals surface area contributed by atoms with Crippen molar-refractivity contribution in [2.24, 2.45) is 0 Å². The molecule has 2 aromatic carbocycles. The highest BCUT2D eigenvalue weighted by Gasteiger charge is 2.23. The predicted molar refractivity (Wildman–Crippen MR) is 119 cm³/mol. The number of carbonyl (C=O) groups is 1. The number of para-hydroxylation sites is 1. The number of hydrogen-bond donors (Lipinski definition) is 1. The van der Waals surface area contributed by atoms with Gasteiger partial charge in [-0.2, -0.15) is 0 Å². The summed E-state index contributed by atoms with van der Waals surface area (Å²) in [5.74, 6) is 1.29. The van der Waals surface area contributed by atoms with E-state index < -0.39 is 5.25 Å². The lowest BCUT2D eigenvalue weighted by atomic mass is 10.2. The van der Waals surface area contributed by atoms with Crippen molar-refractivity contribution in [1.82, 2.24) is 14.8 Å². The highest BCUT2D eigenvalue weighted by molar-refractivity contribution is 8.00. The number of amides is 1. The summed E-state index contributed by atoms with van der Waals surface area (Å²) in [5.41, 5.74) is 2.46. The number of aryl methyl sites for hydroxylation is 1. The molecular weight excluding hydrogens is 420 g/mol. The molecule has 0 aliphatic rings. The van der Waals surface area contributed by atoms with Gasteiger partial charge in [0.15, 0.2) is 11.0 Å². The first-order chi connectivity index (χ1) is 14.5. The van der Waals surface area contributed by atoms with Gasteiger partial charge in [0.25, 0.3) is 0 Å². The summed E-state index contributed by atoms with van der Waals surface area (Å²) >= 11 is 7.25. The number of nitrogens with zero attached hydrogens (tertiary/aromatic N) is 3. The minimum atomic E-state index is -0.398. The van der Waals surface area contributed by atoms with Gasteiger partial charge in [0.2, 0.25) is 5.91 Å². The van der Waals surface area contributed by atoms with E-state index in [2.05, 4.69) is 15.5 Å². The van der Waals surface area contributed by atoms with Crippen LogP contribution in [-0.4, -0.2) is 25.9 Å². The van der Waals surface area contributed by atoms with E-state index in [1.165, 1.54) is 11.8 Å². The average molecular weight is 439 g/mol. The molecule has 0 aliphatic heterocycles. The molecule has 0 fully saturated rings. The summed E-state index contributed by atoms with van der Waals surface area (Å²) in [6.07, 6.45) is 1.63. The number of halogens is 1. The lowest BCUT2D eigenvalue weighted by Crippen LogP contribution is -2.22. The highest BCUT2D eigenvalue weighted by Crippen LogP contribution is 2.32. The lowest BCUT2D eigenvalue weighted by Gasteiger charge is -2.14. The van der Waals surface area contributed by atoms with Gasteiger partial charge in [-0.05, 0) is 56.3 Å². The maximum absolute atomic E-state index is 12.7. The van der Waals surface area contributed by atoms with E-state index >= 15 is 0 Å². The number of hydrogen-bond acceptors (Lipinski definition) is 5. The van der Waals surface area contributed by atoms with Crippen molar-refractivity contribution in [3.63, 3.8) is 0 Å². The molecule has 0 spiro atoms. The van der Waals surface area contributed by atoms with Gasteiger partial charge in [0.1, 0.15) is 5.76 Å². The van der Waals surface area contributed by atoms with E-state index in [-0.39, 0.29) is 5.91 Å². The van der Waals surface area contributed by atoms with Crippen molar-refractivity contribution < 1.29 is 9.21 Å². The predicted octanol–water partition coefficient (Wildman–Crippen LogP) is 5.61. The first kappa shape index (κ1) is 20.3. The average Bonchev–Trinajstić information content (AvgIpc) is 3.36. The number of rotatable bonds is 6. The Kier molecular flexibility index (Phi) is 5.92. The Morgan fingerprint density at radius 1 is 1.10 bits per heavy atom. The topological polar surface area (TPSA) is 72.9 Å². The highest BCUT2D eigenvalue weighted by atomic mass is 35.5. The van der Waals surface area contributed by atoms with Gasteiger partial charge in [-0.1, -0.05) is 41.6 Å². The largest absolute Gasteiger partial charge is 0.469 e. The zero-order valence-corrected chi connectivity index (χ0v) is 17.9. The monoisotopic (exact) mass is 438 g/mol. The number of anilines is 1. The van der Waals surface area contributed by atoms with Crippen LogP contribution in [0, 0.1) is 6.92 Å². The molecule has 152 valence electrons. The van der Waals surface area contributed by atoms with Gasteiger partial charge >= 0.3 is 0 Å². The van der Waals surface area contributed by atoms with Crippen molar-refractivity contribution in [3.8, 4) is 17.1 Å². The van der Waals surface area contributed by atoms with Crippen molar-refractivity contribution in [3.05, 3.63) is 77.7 Å². The molecule has 4 rings (SSSR count). The van der Waals surface area contributed by atoms with Gasteiger partial charge in [-0.3, -0.25) is 9.36 Å². The maximum atomic E-state index is 12.7. The van der Waals surface area contributed by atoms with Crippen LogP contribution in [0.25, 0.3) is 17.1 Å². The third kappa shape index (κ3) is 4.27. The van der Waals surface area contributed by atoms with E-state index in [9.17, 15) is 4.79 Å². The molecule has 2 heterocycles. The Balaban J connectivity index is 1.62. The summed E-state index contributed by atoms with van der Waals surface area (Å²) in [6, 6.07) is 18.7. The lowest BCUT2D eigenvalue weighted by molar-refractivity contribution is -0.115. The van der Waals surface area contributed by atoms with E-state index in [0.29, 0.717) is 21.7 Å². The van der Waals surface area contributed by atoms with Crippen LogP contribution in [-0.2, 0) is 4.79 Å². The third-order valence-corrected chi connectivity index (χ3v) is 5.81. The second kappa shape index (κ2) is 8.77. The van der Waals surface area contributed by atoms with E-state index in [1.807, 2.05) is 54.8 Å². The Morgan fingerprint density at radius 2 is 1.83 bits per heavy atom. The normalized spacial score (nSPS) is 12.0. The molecule has 30 heavy (non-hydrogen) atoms. The fourth-order valence-electron chi connectivity index (χ4n) is 2.94. The van der Waals surface area contributed by atoms with Crippen LogP contribution < -0.4 is 5.32 Å². The van der Waals surface area contributed by atoms with Crippen LogP contribution in [0.15, 0.2) is 76.5 Å². The fraction of sp³-hybridized carbons (Fsp3) is 0.136. The van der Waals surface area contributed by atoms with Crippen LogP contribution in [0.4, 0.5) is 5.69 Å². The van der Waals surface area contributed by atoms with Crippen molar-refractivity contribution in [2.45, 2.75) is 24.3 Å². The van der Waals surface area contributed by atoms with Gasteiger partial charge in [-0.15, -0.1) is 10.2 Å². The van der Waals surface area contributed by atoms with Gasteiger partial charge in [0, 0.05) is 16.4 Å². The van der Waals surface area contributed by atoms with Gasteiger partial charge in [0.05, 0.1) is 17.1 Å². The molecule has 0 bridgehead atoms. The number of carbonyl (C=O) groups excluding carboxylic acids is 1. The second-order valence-corrected chi connectivity index (χ2v) is 8.37. The van der Waals surface area contributed by atoms with E-state index in [1.54, 1.807) is 30.5 Å². The van der Waals surface area contributed by atoms with E-state index in [4.69, 9.17) is 16.0 Å². The first-order valence-electron chi connectivity index (χ1n) is 9.31. The molecule has 8 heteroatoms. The van der Waals surface area contributed by atoms with Crippen LogP contribution in [0.3, 0.4) is 0 Å². The molecule has 2 aromatic heterocycles.